The molecular weight excluding hydrogens is 220 g/mol. The van der Waals surface area contributed by atoms with Gasteiger partial charge in [0.05, 0.1) is 0 Å². The molecule has 1 saturated carbocycles. The van der Waals surface area contributed by atoms with Crippen molar-refractivity contribution in [3.05, 3.63) is 35.9 Å². The van der Waals surface area contributed by atoms with E-state index >= 15 is 0 Å². The monoisotopic (exact) mass is 246 g/mol. The molecule has 1 aromatic carbocycles. The molecule has 2 nitrogen and oxygen atoms in total. The zero-order valence-electron chi connectivity index (χ0n) is 11.5. The third kappa shape index (κ3) is 4.79. The molecule has 2 heteroatoms. The average Bonchev–Trinajstić information content (AvgIpc) is 3.21. The topological polar surface area (TPSA) is 29.3 Å². The largest absolute Gasteiger partial charge is 0.327 e. The molecule has 0 radical (unpaired) electrons. The molecule has 100 valence electrons. The molecule has 1 aliphatic rings. The maximum absolute atomic E-state index is 6.25. The Morgan fingerprint density at radius 1 is 1.28 bits per heavy atom. The molecule has 0 aliphatic heterocycles. The Bertz CT molecular complexity index is 332. The van der Waals surface area contributed by atoms with E-state index < -0.39 is 0 Å². The molecular formula is C16H26N2. The van der Waals surface area contributed by atoms with Crippen molar-refractivity contribution in [2.24, 2.45) is 11.7 Å². The first-order valence-corrected chi connectivity index (χ1v) is 7.29. The molecule has 1 aliphatic carbocycles. The van der Waals surface area contributed by atoms with Crippen LogP contribution in [0.1, 0.15) is 31.7 Å². The molecule has 0 spiro atoms. The van der Waals surface area contributed by atoms with Crippen molar-refractivity contribution in [2.45, 2.75) is 38.6 Å². The van der Waals surface area contributed by atoms with Gasteiger partial charge in [0.25, 0.3) is 0 Å². The van der Waals surface area contributed by atoms with Gasteiger partial charge in [-0.15, -0.1) is 0 Å². The Morgan fingerprint density at radius 2 is 2.00 bits per heavy atom. The molecule has 1 atom stereocenters. The number of aryl methyl sites for hydroxylation is 1. The first kappa shape index (κ1) is 13.6. The zero-order chi connectivity index (χ0) is 12.8. The Kier molecular flexibility index (Phi) is 5.21. The Morgan fingerprint density at radius 3 is 2.61 bits per heavy atom. The van der Waals surface area contributed by atoms with Crippen molar-refractivity contribution < 1.29 is 0 Å². The van der Waals surface area contributed by atoms with Crippen molar-refractivity contribution in [1.29, 1.82) is 0 Å². The van der Waals surface area contributed by atoms with Gasteiger partial charge in [0.1, 0.15) is 0 Å². The smallest absolute Gasteiger partial charge is 0.0170 e. The van der Waals surface area contributed by atoms with E-state index in [9.17, 15) is 0 Å². The Balaban J connectivity index is 1.68. The summed E-state index contributed by atoms with van der Waals surface area (Å²) in [6.07, 6.45) is 5.04. The lowest BCUT2D eigenvalue weighted by molar-refractivity contribution is 0.255. The molecule has 2 rings (SSSR count). The first-order valence-electron chi connectivity index (χ1n) is 7.29. The fourth-order valence-corrected chi connectivity index (χ4v) is 2.42. The van der Waals surface area contributed by atoms with Gasteiger partial charge in [-0.3, -0.25) is 0 Å². The Labute approximate surface area is 111 Å². The van der Waals surface area contributed by atoms with Gasteiger partial charge in [-0.25, -0.2) is 0 Å². The minimum atomic E-state index is 0.309. The summed E-state index contributed by atoms with van der Waals surface area (Å²) in [6.45, 7) is 5.69. The molecule has 2 N–H and O–H groups in total. The van der Waals surface area contributed by atoms with E-state index in [4.69, 9.17) is 5.73 Å². The van der Waals surface area contributed by atoms with Gasteiger partial charge >= 0.3 is 0 Å². The Hall–Kier alpha value is -0.860. The SMILES string of the molecule is CCN(CC(N)CCc1ccccc1)CC1CC1. The number of hydrogen-bond acceptors (Lipinski definition) is 2. The van der Waals surface area contributed by atoms with Crippen LogP contribution in [0.5, 0.6) is 0 Å². The predicted octanol–water partition coefficient (Wildman–Crippen LogP) is 2.68. The third-order valence-corrected chi connectivity index (χ3v) is 3.80. The van der Waals surface area contributed by atoms with Crippen molar-refractivity contribution in [3.63, 3.8) is 0 Å². The summed E-state index contributed by atoms with van der Waals surface area (Å²) in [5.74, 6) is 0.964. The molecule has 1 fully saturated rings. The van der Waals surface area contributed by atoms with Gasteiger partial charge in [0.15, 0.2) is 0 Å². The molecule has 0 amide bonds. The van der Waals surface area contributed by atoms with Gasteiger partial charge in [0, 0.05) is 19.1 Å². The maximum atomic E-state index is 6.25. The molecule has 0 bridgehead atoms. The van der Waals surface area contributed by atoms with Gasteiger partial charge in [-0.05, 0) is 43.7 Å². The summed E-state index contributed by atoms with van der Waals surface area (Å²) in [4.78, 5) is 2.52. The highest BCUT2D eigenvalue weighted by atomic mass is 15.1. The lowest BCUT2D eigenvalue weighted by atomic mass is 10.1. The highest BCUT2D eigenvalue weighted by Crippen LogP contribution is 2.29. The summed E-state index contributed by atoms with van der Waals surface area (Å²) < 4.78 is 0. The molecule has 1 unspecified atom stereocenters. The second-order valence-electron chi connectivity index (χ2n) is 5.58. The van der Waals surface area contributed by atoms with Crippen LogP contribution in [0.4, 0.5) is 0 Å². The van der Waals surface area contributed by atoms with E-state index in [1.807, 2.05) is 0 Å². The van der Waals surface area contributed by atoms with E-state index in [2.05, 4.69) is 42.2 Å². The summed E-state index contributed by atoms with van der Waals surface area (Å²) in [5.41, 5.74) is 7.65. The van der Waals surface area contributed by atoms with Crippen LogP contribution in [0.25, 0.3) is 0 Å². The summed E-state index contributed by atoms with van der Waals surface area (Å²) in [5, 5.41) is 0. The second-order valence-corrected chi connectivity index (χ2v) is 5.58. The van der Waals surface area contributed by atoms with Crippen molar-refractivity contribution in [1.82, 2.24) is 4.90 Å². The van der Waals surface area contributed by atoms with Crippen LogP contribution in [0.2, 0.25) is 0 Å². The minimum absolute atomic E-state index is 0.309. The zero-order valence-corrected chi connectivity index (χ0v) is 11.5. The number of hydrogen-bond donors (Lipinski definition) is 1. The lowest BCUT2D eigenvalue weighted by Crippen LogP contribution is -2.38. The van der Waals surface area contributed by atoms with Crippen molar-refractivity contribution >= 4 is 0 Å². The van der Waals surface area contributed by atoms with E-state index in [-0.39, 0.29) is 0 Å². The molecule has 18 heavy (non-hydrogen) atoms. The van der Waals surface area contributed by atoms with Crippen LogP contribution in [0.3, 0.4) is 0 Å². The minimum Gasteiger partial charge on any atom is -0.327 e. The standard InChI is InChI=1S/C16H26N2/c1-2-18(12-15-8-9-15)13-16(17)11-10-14-6-4-3-5-7-14/h3-7,15-16H,2,8-13,17H2,1H3. The van der Waals surface area contributed by atoms with E-state index in [0.717, 1.165) is 31.8 Å². The van der Waals surface area contributed by atoms with Crippen molar-refractivity contribution in [3.8, 4) is 0 Å². The number of rotatable bonds is 8. The summed E-state index contributed by atoms with van der Waals surface area (Å²) in [7, 11) is 0. The average molecular weight is 246 g/mol. The number of benzene rings is 1. The number of likely N-dealkylation sites (N-methyl/N-ethyl adjacent to an activating group) is 1. The van der Waals surface area contributed by atoms with Gasteiger partial charge < -0.3 is 10.6 Å². The van der Waals surface area contributed by atoms with Crippen LogP contribution < -0.4 is 5.73 Å². The number of nitrogens with two attached hydrogens (primary N) is 1. The van der Waals surface area contributed by atoms with E-state index in [0.29, 0.717) is 6.04 Å². The first-order chi connectivity index (χ1) is 8.78. The summed E-state index contributed by atoms with van der Waals surface area (Å²) >= 11 is 0. The van der Waals surface area contributed by atoms with Crippen LogP contribution in [-0.2, 0) is 6.42 Å². The molecule has 1 aromatic rings. The van der Waals surface area contributed by atoms with Crippen LogP contribution in [0.15, 0.2) is 30.3 Å². The number of nitrogens with zero attached hydrogens (tertiary/aromatic N) is 1. The van der Waals surface area contributed by atoms with Crippen LogP contribution in [0, 0.1) is 5.92 Å². The highest BCUT2D eigenvalue weighted by Gasteiger charge is 2.24. The van der Waals surface area contributed by atoms with Crippen LogP contribution >= 0.6 is 0 Å². The molecule has 0 saturated heterocycles. The van der Waals surface area contributed by atoms with Crippen molar-refractivity contribution in [2.75, 3.05) is 19.6 Å². The normalized spacial score (nSPS) is 17.1. The predicted molar refractivity (Wildman–Crippen MR) is 77.6 cm³/mol. The van der Waals surface area contributed by atoms with Gasteiger partial charge in [-0.2, -0.15) is 0 Å². The second kappa shape index (κ2) is 6.91. The summed E-state index contributed by atoms with van der Waals surface area (Å²) in [6, 6.07) is 11.0. The molecule has 0 aromatic heterocycles. The maximum Gasteiger partial charge on any atom is 0.0170 e. The van der Waals surface area contributed by atoms with Crippen LogP contribution in [-0.4, -0.2) is 30.6 Å². The quantitative estimate of drug-likeness (QED) is 0.764. The van der Waals surface area contributed by atoms with Gasteiger partial charge in [-0.1, -0.05) is 37.3 Å². The fourth-order valence-electron chi connectivity index (χ4n) is 2.42. The van der Waals surface area contributed by atoms with E-state index in [1.165, 1.54) is 24.9 Å². The molecule has 0 heterocycles. The van der Waals surface area contributed by atoms with Gasteiger partial charge in [0.2, 0.25) is 0 Å². The highest BCUT2D eigenvalue weighted by molar-refractivity contribution is 5.14. The lowest BCUT2D eigenvalue weighted by Gasteiger charge is -2.24. The third-order valence-electron chi connectivity index (χ3n) is 3.80. The fraction of sp³-hybridized carbons (Fsp3) is 0.625. The van der Waals surface area contributed by atoms with E-state index in [1.54, 1.807) is 0 Å².